The summed E-state index contributed by atoms with van der Waals surface area (Å²) in [5, 5.41) is 14.0. The van der Waals surface area contributed by atoms with Gasteiger partial charge in [0.2, 0.25) is 5.91 Å². The molecule has 0 aromatic rings. The van der Waals surface area contributed by atoms with Gasteiger partial charge in [-0.05, 0) is 5.92 Å². The van der Waals surface area contributed by atoms with Gasteiger partial charge < -0.3 is 20.6 Å². The molecule has 1 aliphatic rings. The minimum Gasteiger partial charge on any atom is -0.481 e. The van der Waals surface area contributed by atoms with E-state index in [0.717, 1.165) is 0 Å². The first kappa shape index (κ1) is 14.3. The maximum absolute atomic E-state index is 11.9. The highest BCUT2D eigenvalue weighted by molar-refractivity contribution is 5.91. The van der Waals surface area contributed by atoms with Crippen LogP contribution in [0.3, 0.4) is 0 Å². The van der Waals surface area contributed by atoms with Crippen LogP contribution in [0.1, 0.15) is 20.3 Å². The third-order valence-corrected chi connectivity index (χ3v) is 2.62. The van der Waals surface area contributed by atoms with Crippen LogP contribution in [-0.2, 0) is 9.59 Å². The predicted molar refractivity (Wildman–Crippen MR) is 64.0 cm³/mol. The van der Waals surface area contributed by atoms with Crippen molar-refractivity contribution >= 4 is 17.9 Å². The summed E-state index contributed by atoms with van der Waals surface area (Å²) in [6, 6.07) is -1.31. The molecule has 0 radical (unpaired) electrons. The molecule has 7 nitrogen and oxygen atoms in total. The van der Waals surface area contributed by atoms with E-state index in [4.69, 9.17) is 5.11 Å². The maximum Gasteiger partial charge on any atom is 0.318 e. The second-order valence-electron chi connectivity index (χ2n) is 4.68. The molecule has 1 unspecified atom stereocenters. The third-order valence-electron chi connectivity index (χ3n) is 2.62. The van der Waals surface area contributed by atoms with E-state index in [1.807, 2.05) is 13.8 Å². The Balaban J connectivity index is 2.66. The van der Waals surface area contributed by atoms with Crippen LogP contribution >= 0.6 is 0 Å². The summed E-state index contributed by atoms with van der Waals surface area (Å²) in [6.45, 7) is 5.09. The first-order valence-electron chi connectivity index (χ1n) is 5.95. The van der Waals surface area contributed by atoms with Gasteiger partial charge in [-0.15, -0.1) is 0 Å². The number of carboxylic acids is 1. The van der Waals surface area contributed by atoms with Crippen molar-refractivity contribution in [1.29, 1.82) is 0 Å². The molecule has 18 heavy (non-hydrogen) atoms. The second-order valence-corrected chi connectivity index (χ2v) is 4.68. The number of nitrogens with zero attached hydrogens (tertiary/aromatic N) is 1. The number of carbonyl (C=O) groups is 3. The van der Waals surface area contributed by atoms with E-state index in [9.17, 15) is 14.4 Å². The molecule has 1 aliphatic heterocycles. The SMILES string of the molecule is CC(C)CNC(=O)N1CCNC(=O)C1CC(=O)O. The summed E-state index contributed by atoms with van der Waals surface area (Å²) in [7, 11) is 0. The van der Waals surface area contributed by atoms with E-state index in [1.165, 1.54) is 4.90 Å². The van der Waals surface area contributed by atoms with Crippen LogP contribution in [0.25, 0.3) is 0 Å². The molecular weight excluding hydrogens is 238 g/mol. The number of amides is 3. The first-order chi connectivity index (χ1) is 8.41. The van der Waals surface area contributed by atoms with E-state index in [2.05, 4.69) is 10.6 Å². The lowest BCUT2D eigenvalue weighted by molar-refractivity contribution is -0.142. The van der Waals surface area contributed by atoms with E-state index < -0.39 is 17.9 Å². The number of hydrogen-bond donors (Lipinski definition) is 3. The van der Waals surface area contributed by atoms with E-state index in [0.29, 0.717) is 25.6 Å². The van der Waals surface area contributed by atoms with Crippen molar-refractivity contribution in [2.24, 2.45) is 5.92 Å². The fourth-order valence-electron chi connectivity index (χ4n) is 1.72. The van der Waals surface area contributed by atoms with Gasteiger partial charge in [0.1, 0.15) is 6.04 Å². The molecule has 3 N–H and O–H groups in total. The summed E-state index contributed by atoms with van der Waals surface area (Å²) in [6.07, 6.45) is -0.374. The summed E-state index contributed by atoms with van der Waals surface area (Å²) in [5.74, 6) is -1.22. The number of piperazine rings is 1. The lowest BCUT2D eigenvalue weighted by Gasteiger charge is -2.34. The van der Waals surface area contributed by atoms with Crippen molar-refractivity contribution in [2.75, 3.05) is 19.6 Å². The number of aliphatic carboxylic acids is 1. The van der Waals surface area contributed by atoms with Gasteiger partial charge in [-0.2, -0.15) is 0 Å². The van der Waals surface area contributed by atoms with E-state index in [1.54, 1.807) is 0 Å². The molecule has 0 aliphatic carbocycles. The number of carboxylic acid groups (broad SMARTS) is 1. The monoisotopic (exact) mass is 257 g/mol. The molecule has 102 valence electrons. The van der Waals surface area contributed by atoms with Gasteiger partial charge in [0.25, 0.3) is 0 Å². The zero-order chi connectivity index (χ0) is 13.7. The van der Waals surface area contributed by atoms with Crippen molar-refractivity contribution in [3.05, 3.63) is 0 Å². The fourth-order valence-corrected chi connectivity index (χ4v) is 1.72. The Bertz CT molecular complexity index is 343. The molecule has 0 bridgehead atoms. The summed E-state index contributed by atoms with van der Waals surface area (Å²) >= 11 is 0. The fraction of sp³-hybridized carbons (Fsp3) is 0.727. The Morgan fingerprint density at radius 3 is 2.78 bits per heavy atom. The van der Waals surface area contributed by atoms with E-state index in [-0.39, 0.29) is 12.5 Å². The topological polar surface area (TPSA) is 98.7 Å². The normalized spacial score (nSPS) is 19.6. The zero-order valence-electron chi connectivity index (χ0n) is 10.6. The van der Waals surface area contributed by atoms with Crippen LogP contribution in [0.5, 0.6) is 0 Å². The minimum atomic E-state index is -1.10. The van der Waals surface area contributed by atoms with Crippen LogP contribution in [0, 0.1) is 5.92 Å². The lowest BCUT2D eigenvalue weighted by atomic mass is 10.1. The van der Waals surface area contributed by atoms with Crippen molar-refractivity contribution in [1.82, 2.24) is 15.5 Å². The molecule has 0 spiro atoms. The van der Waals surface area contributed by atoms with Crippen molar-refractivity contribution < 1.29 is 19.5 Å². The number of urea groups is 1. The average Bonchev–Trinajstić information content (AvgIpc) is 2.28. The number of carbonyl (C=O) groups excluding carboxylic acids is 2. The lowest BCUT2D eigenvalue weighted by Crippen LogP contribution is -2.60. The number of rotatable bonds is 4. The Morgan fingerprint density at radius 1 is 1.56 bits per heavy atom. The molecule has 1 fully saturated rings. The van der Waals surface area contributed by atoms with Gasteiger partial charge in [0.05, 0.1) is 6.42 Å². The molecule has 0 aromatic carbocycles. The largest absolute Gasteiger partial charge is 0.481 e. The molecule has 1 rings (SSSR count). The Hall–Kier alpha value is -1.79. The van der Waals surface area contributed by atoms with Gasteiger partial charge >= 0.3 is 12.0 Å². The predicted octanol–water partition coefficient (Wildman–Crippen LogP) is -0.373. The first-order valence-corrected chi connectivity index (χ1v) is 5.95. The highest BCUT2D eigenvalue weighted by Gasteiger charge is 2.34. The quantitative estimate of drug-likeness (QED) is 0.639. The number of hydrogen-bond acceptors (Lipinski definition) is 3. The zero-order valence-corrected chi connectivity index (χ0v) is 10.6. The van der Waals surface area contributed by atoms with Crippen molar-refractivity contribution in [2.45, 2.75) is 26.3 Å². The molecular formula is C11H19N3O4. The van der Waals surface area contributed by atoms with Gasteiger partial charge in [-0.25, -0.2) is 4.79 Å². The van der Waals surface area contributed by atoms with E-state index >= 15 is 0 Å². The molecule has 1 saturated heterocycles. The smallest absolute Gasteiger partial charge is 0.318 e. The second kappa shape index (κ2) is 6.23. The molecule has 3 amide bonds. The Labute approximate surface area is 106 Å². The average molecular weight is 257 g/mol. The Morgan fingerprint density at radius 2 is 2.22 bits per heavy atom. The van der Waals surface area contributed by atoms with Gasteiger partial charge in [0.15, 0.2) is 0 Å². The summed E-state index contributed by atoms with van der Waals surface area (Å²) in [5.41, 5.74) is 0. The number of nitrogens with one attached hydrogen (secondary N) is 2. The highest BCUT2D eigenvalue weighted by Crippen LogP contribution is 2.09. The minimum absolute atomic E-state index is 0.297. The van der Waals surface area contributed by atoms with Gasteiger partial charge in [0, 0.05) is 19.6 Å². The molecule has 0 aromatic heterocycles. The molecule has 7 heteroatoms. The maximum atomic E-state index is 11.9. The third kappa shape index (κ3) is 3.90. The van der Waals surface area contributed by atoms with Crippen LogP contribution in [0.4, 0.5) is 4.79 Å². The molecule has 1 atom stereocenters. The van der Waals surface area contributed by atoms with Crippen LogP contribution in [-0.4, -0.2) is 53.6 Å². The van der Waals surface area contributed by atoms with Crippen LogP contribution in [0.15, 0.2) is 0 Å². The highest BCUT2D eigenvalue weighted by atomic mass is 16.4. The summed E-state index contributed by atoms with van der Waals surface area (Å²) in [4.78, 5) is 35.5. The van der Waals surface area contributed by atoms with Crippen LogP contribution in [0.2, 0.25) is 0 Å². The van der Waals surface area contributed by atoms with Gasteiger partial charge in [-0.3, -0.25) is 9.59 Å². The molecule has 1 heterocycles. The van der Waals surface area contributed by atoms with Crippen molar-refractivity contribution in [3.8, 4) is 0 Å². The van der Waals surface area contributed by atoms with Gasteiger partial charge in [-0.1, -0.05) is 13.8 Å². The van der Waals surface area contributed by atoms with Crippen molar-refractivity contribution in [3.63, 3.8) is 0 Å². The van der Waals surface area contributed by atoms with Crippen LogP contribution < -0.4 is 10.6 Å². The molecule has 0 saturated carbocycles. The standard InChI is InChI=1S/C11H19N3O4/c1-7(2)6-13-11(18)14-4-3-12-10(17)8(14)5-9(15)16/h7-8H,3-6H2,1-2H3,(H,12,17)(H,13,18)(H,15,16). The Kier molecular flexibility index (Phi) is 4.94. The summed E-state index contributed by atoms with van der Waals surface area (Å²) < 4.78 is 0.